The summed E-state index contributed by atoms with van der Waals surface area (Å²) in [6, 6.07) is 12.2. The number of nitrogens with one attached hydrogen (secondary N) is 1. The molecule has 0 radical (unpaired) electrons. The number of hydrogen-bond donors (Lipinski definition) is 1. The van der Waals surface area contributed by atoms with Gasteiger partial charge in [0.15, 0.2) is 17.6 Å². The highest BCUT2D eigenvalue weighted by atomic mass is 19.1. The van der Waals surface area contributed by atoms with E-state index in [-0.39, 0.29) is 36.1 Å². The summed E-state index contributed by atoms with van der Waals surface area (Å²) in [7, 11) is 1.24. The molecule has 4 rings (SSSR count). The first kappa shape index (κ1) is 22.8. The quantitative estimate of drug-likeness (QED) is 0.500. The molecule has 0 fully saturated rings. The number of pyridine rings is 1. The van der Waals surface area contributed by atoms with Crippen molar-refractivity contribution in [3.8, 4) is 28.9 Å². The van der Waals surface area contributed by atoms with Crippen LogP contribution in [0.3, 0.4) is 0 Å². The van der Waals surface area contributed by atoms with Crippen molar-refractivity contribution in [3.63, 3.8) is 0 Å². The van der Waals surface area contributed by atoms with Crippen LogP contribution in [0.15, 0.2) is 54.7 Å². The third kappa shape index (κ3) is 5.17. The van der Waals surface area contributed by atoms with E-state index in [1.54, 1.807) is 30.3 Å². The second-order valence-electron chi connectivity index (χ2n) is 7.19. The summed E-state index contributed by atoms with van der Waals surface area (Å²) in [6.45, 7) is 1.54. The molecule has 34 heavy (non-hydrogen) atoms. The molecule has 9 nitrogen and oxygen atoms in total. The number of benzene rings is 2. The minimum Gasteiger partial charge on any atom is -0.479 e. The van der Waals surface area contributed by atoms with Gasteiger partial charge in [-0.15, -0.1) is 0 Å². The van der Waals surface area contributed by atoms with Crippen molar-refractivity contribution >= 4 is 11.9 Å². The molecule has 1 amide bonds. The zero-order chi connectivity index (χ0) is 24.1. The summed E-state index contributed by atoms with van der Waals surface area (Å²) < 4.78 is 40.8. The van der Waals surface area contributed by atoms with E-state index in [1.807, 2.05) is 0 Å². The number of halogens is 1. The fraction of sp³-hybridized carbons (Fsp3) is 0.208. The van der Waals surface area contributed by atoms with Crippen LogP contribution in [0.1, 0.15) is 22.8 Å². The number of ether oxygens (including phenoxy) is 5. The minimum atomic E-state index is -0.885. The first-order valence-corrected chi connectivity index (χ1v) is 10.3. The van der Waals surface area contributed by atoms with Crippen molar-refractivity contribution in [2.24, 2.45) is 0 Å². The highest BCUT2D eigenvalue weighted by molar-refractivity contribution is 5.96. The molecular formula is C24H21FN2O7. The van der Waals surface area contributed by atoms with Crippen LogP contribution < -0.4 is 24.3 Å². The van der Waals surface area contributed by atoms with E-state index >= 15 is 0 Å². The van der Waals surface area contributed by atoms with Gasteiger partial charge in [0.2, 0.25) is 12.7 Å². The van der Waals surface area contributed by atoms with Gasteiger partial charge in [0.1, 0.15) is 22.9 Å². The number of carbonyl (C=O) groups is 2. The Balaban J connectivity index is 1.41. The zero-order valence-corrected chi connectivity index (χ0v) is 18.4. The van der Waals surface area contributed by atoms with Gasteiger partial charge in [-0.2, -0.15) is 0 Å². The topological polar surface area (TPSA) is 105 Å². The Kier molecular flexibility index (Phi) is 6.77. The van der Waals surface area contributed by atoms with E-state index in [2.05, 4.69) is 15.0 Å². The molecule has 10 heteroatoms. The number of amides is 1. The van der Waals surface area contributed by atoms with E-state index in [0.29, 0.717) is 17.2 Å². The van der Waals surface area contributed by atoms with Gasteiger partial charge in [-0.1, -0.05) is 6.07 Å². The molecule has 0 bridgehead atoms. The second-order valence-corrected chi connectivity index (χ2v) is 7.19. The van der Waals surface area contributed by atoms with Crippen LogP contribution in [0.4, 0.5) is 4.39 Å². The van der Waals surface area contributed by atoms with Crippen molar-refractivity contribution in [1.29, 1.82) is 0 Å². The Labute approximate surface area is 194 Å². The SMILES string of the molecule is COC(=O)C(C)Oc1ccc(CNC(=O)c2cccnc2Oc2ccc3c(c2)OCO3)c(F)c1. The first-order valence-electron chi connectivity index (χ1n) is 10.3. The highest BCUT2D eigenvalue weighted by Crippen LogP contribution is 2.36. The number of methoxy groups -OCH3 is 1. The summed E-state index contributed by atoms with van der Waals surface area (Å²) in [4.78, 5) is 28.4. The highest BCUT2D eigenvalue weighted by Gasteiger charge is 2.19. The Morgan fingerprint density at radius 3 is 2.71 bits per heavy atom. The molecule has 2 heterocycles. The van der Waals surface area contributed by atoms with Crippen LogP contribution in [0.25, 0.3) is 0 Å². The van der Waals surface area contributed by atoms with E-state index in [4.69, 9.17) is 18.9 Å². The maximum atomic E-state index is 14.5. The lowest BCUT2D eigenvalue weighted by molar-refractivity contribution is -0.147. The van der Waals surface area contributed by atoms with E-state index < -0.39 is 23.8 Å². The van der Waals surface area contributed by atoms with Crippen LogP contribution >= 0.6 is 0 Å². The summed E-state index contributed by atoms with van der Waals surface area (Å²) in [5.74, 6) is 0.123. The number of rotatable bonds is 8. The number of fused-ring (bicyclic) bond motifs is 1. The lowest BCUT2D eigenvalue weighted by atomic mass is 10.2. The lowest BCUT2D eigenvalue weighted by Gasteiger charge is -2.14. The lowest BCUT2D eigenvalue weighted by Crippen LogP contribution is -2.25. The molecule has 0 aliphatic carbocycles. The van der Waals surface area contributed by atoms with Crippen LogP contribution in [0.2, 0.25) is 0 Å². The molecule has 0 saturated heterocycles. The molecule has 0 saturated carbocycles. The van der Waals surface area contributed by atoms with Crippen molar-refractivity contribution in [2.75, 3.05) is 13.9 Å². The van der Waals surface area contributed by atoms with Crippen LogP contribution in [-0.2, 0) is 16.1 Å². The molecule has 1 aliphatic heterocycles. The standard InChI is InChI=1S/C24H21FN2O7/c1-14(24(29)30-2)33-16-6-5-15(19(25)10-16)12-27-22(28)18-4-3-9-26-23(18)34-17-7-8-20-21(11-17)32-13-31-20/h3-11,14H,12-13H2,1-2H3,(H,27,28). The van der Waals surface area contributed by atoms with Crippen LogP contribution in [0, 0.1) is 5.82 Å². The van der Waals surface area contributed by atoms with Crippen molar-refractivity contribution in [1.82, 2.24) is 10.3 Å². The van der Waals surface area contributed by atoms with Crippen molar-refractivity contribution in [3.05, 3.63) is 71.7 Å². The van der Waals surface area contributed by atoms with Crippen LogP contribution in [-0.4, -0.2) is 36.9 Å². The minimum absolute atomic E-state index is 0.0832. The van der Waals surface area contributed by atoms with Gasteiger partial charge in [-0.25, -0.2) is 14.2 Å². The van der Waals surface area contributed by atoms with Gasteiger partial charge in [-0.3, -0.25) is 4.79 Å². The fourth-order valence-corrected chi connectivity index (χ4v) is 3.13. The summed E-state index contributed by atoms with van der Waals surface area (Å²) in [6.07, 6.45) is 0.607. The monoisotopic (exact) mass is 468 g/mol. The second kappa shape index (κ2) is 10.1. The Bertz CT molecular complexity index is 1220. The average Bonchev–Trinajstić information content (AvgIpc) is 3.31. The van der Waals surface area contributed by atoms with Crippen molar-refractivity contribution < 1.29 is 37.7 Å². The molecule has 1 unspecified atom stereocenters. The fourth-order valence-electron chi connectivity index (χ4n) is 3.13. The number of hydrogen-bond acceptors (Lipinski definition) is 8. The van der Waals surface area contributed by atoms with E-state index in [0.717, 1.165) is 6.07 Å². The number of aromatic nitrogens is 1. The molecule has 1 atom stereocenters. The Hall–Kier alpha value is -4.34. The van der Waals surface area contributed by atoms with Crippen molar-refractivity contribution in [2.45, 2.75) is 19.6 Å². The molecule has 2 aromatic carbocycles. The van der Waals surface area contributed by atoms with E-state index in [1.165, 1.54) is 32.4 Å². The maximum absolute atomic E-state index is 14.5. The molecular weight excluding hydrogens is 447 g/mol. The predicted molar refractivity (Wildman–Crippen MR) is 117 cm³/mol. The number of nitrogens with zero attached hydrogens (tertiary/aromatic N) is 1. The Morgan fingerprint density at radius 2 is 1.91 bits per heavy atom. The molecule has 3 aromatic rings. The van der Waals surface area contributed by atoms with Gasteiger partial charge in [0, 0.05) is 30.4 Å². The third-order valence-electron chi connectivity index (χ3n) is 4.88. The Morgan fingerprint density at radius 1 is 1.12 bits per heavy atom. The largest absolute Gasteiger partial charge is 0.479 e. The normalized spacial score (nSPS) is 12.6. The first-order chi connectivity index (χ1) is 16.4. The van der Waals surface area contributed by atoms with Gasteiger partial charge in [0.05, 0.1) is 7.11 Å². The number of esters is 1. The van der Waals surface area contributed by atoms with Gasteiger partial charge < -0.3 is 29.0 Å². The molecule has 0 spiro atoms. The molecule has 1 aliphatic rings. The van der Waals surface area contributed by atoms with Gasteiger partial charge in [0.25, 0.3) is 5.91 Å². The van der Waals surface area contributed by atoms with E-state index in [9.17, 15) is 14.0 Å². The molecule has 176 valence electrons. The molecule has 1 N–H and O–H groups in total. The average molecular weight is 468 g/mol. The predicted octanol–water partition coefficient (Wildman–Crippen LogP) is 3.61. The zero-order valence-electron chi connectivity index (χ0n) is 18.4. The van der Waals surface area contributed by atoms with Crippen LogP contribution in [0.5, 0.6) is 28.9 Å². The summed E-state index contributed by atoms with van der Waals surface area (Å²) in [5.41, 5.74) is 0.404. The summed E-state index contributed by atoms with van der Waals surface area (Å²) in [5, 5.41) is 2.65. The van der Waals surface area contributed by atoms with Gasteiger partial charge >= 0.3 is 5.97 Å². The molecule has 1 aromatic heterocycles. The third-order valence-corrected chi connectivity index (χ3v) is 4.88. The van der Waals surface area contributed by atoms with Gasteiger partial charge in [-0.05, 0) is 37.3 Å². The summed E-state index contributed by atoms with van der Waals surface area (Å²) >= 11 is 0. The smallest absolute Gasteiger partial charge is 0.346 e. The maximum Gasteiger partial charge on any atom is 0.346 e. The number of carbonyl (C=O) groups excluding carboxylic acids is 2.